The SMILES string of the molecule is CCN1CCN(CCN=C(N)Nc2ccc(C)cc2)CC1. The van der Waals surface area contributed by atoms with Crippen LogP contribution in [0.15, 0.2) is 29.3 Å². The number of nitrogens with two attached hydrogens (primary N) is 1. The van der Waals surface area contributed by atoms with Gasteiger partial charge >= 0.3 is 0 Å². The van der Waals surface area contributed by atoms with E-state index in [0.29, 0.717) is 5.96 Å². The standard InChI is InChI=1S/C16H27N5/c1-3-20-10-12-21(13-11-20)9-8-18-16(17)19-15-6-4-14(2)5-7-15/h4-7H,3,8-13H2,1-2H3,(H3,17,18,19). The number of guanidine groups is 1. The second-order valence-corrected chi connectivity index (χ2v) is 5.53. The fourth-order valence-corrected chi connectivity index (χ4v) is 2.47. The van der Waals surface area contributed by atoms with E-state index >= 15 is 0 Å². The molecular weight excluding hydrogens is 262 g/mol. The third-order valence-corrected chi connectivity index (χ3v) is 3.93. The zero-order valence-corrected chi connectivity index (χ0v) is 13.2. The van der Waals surface area contributed by atoms with Gasteiger partial charge in [-0.05, 0) is 25.6 Å². The van der Waals surface area contributed by atoms with Crippen molar-refractivity contribution in [3.05, 3.63) is 29.8 Å². The molecule has 0 amide bonds. The van der Waals surface area contributed by atoms with E-state index in [4.69, 9.17) is 5.73 Å². The van der Waals surface area contributed by atoms with Gasteiger partial charge in [-0.25, -0.2) is 0 Å². The Labute approximate surface area is 127 Å². The van der Waals surface area contributed by atoms with Crippen LogP contribution in [0.4, 0.5) is 5.69 Å². The van der Waals surface area contributed by atoms with Crippen LogP contribution in [0.1, 0.15) is 12.5 Å². The molecule has 0 saturated carbocycles. The third kappa shape index (κ3) is 5.36. The number of likely N-dealkylation sites (N-methyl/N-ethyl adjacent to an activating group) is 1. The molecule has 21 heavy (non-hydrogen) atoms. The maximum absolute atomic E-state index is 5.92. The number of nitrogens with one attached hydrogen (secondary N) is 1. The first-order valence-corrected chi connectivity index (χ1v) is 7.75. The first-order chi connectivity index (χ1) is 10.2. The molecule has 5 heteroatoms. The molecule has 1 heterocycles. The molecule has 0 bridgehead atoms. The predicted molar refractivity (Wildman–Crippen MR) is 89.8 cm³/mol. The number of hydrogen-bond donors (Lipinski definition) is 2. The number of aryl methyl sites for hydroxylation is 1. The number of anilines is 1. The van der Waals surface area contributed by atoms with E-state index in [-0.39, 0.29) is 0 Å². The Hall–Kier alpha value is -1.59. The Bertz CT molecular complexity index is 446. The molecular formula is C16H27N5. The average Bonchev–Trinajstić information content (AvgIpc) is 2.50. The molecule has 116 valence electrons. The molecule has 1 aromatic carbocycles. The van der Waals surface area contributed by atoms with Crippen LogP contribution < -0.4 is 11.1 Å². The highest BCUT2D eigenvalue weighted by Gasteiger charge is 2.14. The predicted octanol–water partition coefficient (Wildman–Crippen LogP) is 1.36. The fourth-order valence-electron chi connectivity index (χ4n) is 2.47. The zero-order chi connectivity index (χ0) is 15.1. The van der Waals surface area contributed by atoms with Gasteiger partial charge in [0.15, 0.2) is 5.96 Å². The molecule has 0 spiro atoms. The lowest BCUT2D eigenvalue weighted by Crippen LogP contribution is -2.46. The van der Waals surface area contributed by atoms with E-state index in [9.17, 15) is 0 Å². The summed E-state index contributed by atoms with van der Waals surface area (Å²) in [5, 5.41) is 3.12. The Balaban J connectivity index is 1.70. The largest absolute Gasteiger partial charge is 0.370 e. The second kappa shape index (κ2) is 8.00. The topological polar surface area (TPSA) is 56.9 Å². The van der Waals surface area contributed by atoms with Crippen molar-refractivity contribution in [2.45, 2.75) is 13.8 Å². The van der Waals surface area contributed by atoms with Gasteiger partial charge in [-0.1, -0.05) is 24.6 Å². The molecule has 1 aliphatic rings. The van der Waals surface area contributed by atoms with E-state index in [1.165, 1.54) is 5.56 Å². The van der Waals surface area contributed by atoms with Crippen LogP contribution >= 0.6 is 0 Å². The summed E-state index contributed by atoms with van der Waals surface area (Å²) in [5.74, 6) is 0.492. The Kier molecular flexibility index (Phi) is 6.02. The van der Waals surface area contributed by atoms with Crippen molar-refractivity contribution in [3.8, 4) is 0 Å². The number of aliphatic imine (C=N–C) groups is 1. The van der Waals surface area contributed by atoms with E-state index in [1.807, 2.05) is 12.1 Å². The molecule has 1 aliphatic heterocycles. The van der Waals surface area contributed by atoms with E-state index in [0.717, 1.165) is 51.5 Å². The van der Waals surface area contributed by atoms with Gasteiger partial charge in [0, 0.05) is 38.4 Å². The smallest absolute Gasteiger partial charge is 0.193 e. The maximum Gasteiger partial charge on any atom is 0.193 e. The van der Waals surface area contributed by atoms with Crippen LogP contribution in [0.2, 0.25) is 0 Å². The summed E-state index contributed by atoms with van der Waals surface area (Å²) < 4.78 is 0. The van der Waals surface area contributed by atoms with Gasteiger partial charge in [0.2, 0.25) is 0 Å². The number of hydrogen-bond acceptors (Lipinski definition) is 3. The molecule has 0 atom stereocenters. The van der Waals surface area contributed by atoms with Crippen molar-refractivity contribution in [1.82, 2.24) is 9.80 Å². The van der Waals surface area contributed by atoms with Gasteiger partial charge < -0.3 is 16.0 Å². The van der Waals surface area contributed by atoms with Gasteiger partial charge in [0.25, 0.3) is 0 Å². The molecule has 1 saturated heterocycles. The highest BCUT2D eigenvalue weighted by Crippen LogP contribution is 2.07. The summed E-state index contributed by atoms with van der Waals surface area (Å²) in [4.78, 5) is 9.34. The quantitative estimate of drug-likeness (QED) is 0.635. The zero-order valence-electron chi connectivity index (χ0n) is 13.2. The number of piperazine rings is 1. The van der Waals surface area contributed by atoms with Gasteiger partial charge in [0.05, 0.1) is 6.54 Å². The van der Waals surface area contributed by atoms with Gasteiger partial charge in [-0.15, -0.1) is 0 Å². The van der Waals surface area contributed by atoms with Crippen molar-refractivity contribution in [1.29, 1.82) is 0 Å². The summed E-state index contributed by atoms with van der Waals surface area (Å²) in [6, 6.07) is 8.15. The van der Waals surface area contributed by atoms with Crippen molar-refractivity contribution in [2.75, 3.05) is 51.1 Å². The van der Waals surface area contributed by atoms with Gasteiger partial charge in [-0.3, -0.25) is 9.89 Å². The summed E-state index contributed by atoms with van der Waals surface area (Å²) in [6.07, 6.45) is 0. The summed E-state index contributed by atoms with van der Waals surface area (Å²) in [6.45, 7) is 11.8. The highest BCUT2D eigenvalue weighted by molar-refractivity contribution is 5.92. The van der Waals surface area contributed by atoms with E-state index in [2.05, 4.69) is 46.1 Å². The minimum atomic E-state index is 0.492. The fraction of sp³-hybridized carbons (Fsp3) is 0.562. The molecule has 0 unspecified atom stereocenters. The van der Waals surface area contributed by atoms with Crippen molar-refractivity contribution >= 4 is 11.6 Å². The first kappa shape index (κ1) is 15.8. The molecule has 3 N–H and O–H groups in total. The normalized spacial score (nSPS) is 17.9. The van der Waals surface area contributed by atoms with E-state index < -0.39 is 0 Å². The summed E-state index contributed by atoms with van der Waals surface area (Å²) in [5.41, 5.74) is 8.14. The number of benzene rings is 1. The molecule has 0 aliphatic carbocycles. The van der Waals surface area contributed by atoms with Crippen molar-refractivity contribution < 1.29 is 0 Å². The Morgan fingerprint density at radius 2 is 1.76 bits per heavy atom. The minimum Gasteiger partial charge on any atom is -0.370 e. The molecule has 1 fully saturated rings. The lowest BCUT2D eigenvalue weighted by Gasteiger charge is -2.33. The lowest BCUT2D eigenvalue weighted by atomic mass is 10.2. The first-order valence-electron chi connectivity index (χ1n) is 7.75. The molecule has 0 radical (unpaired) electrons. The lowest BCUT2D eigenvalue weighted by molar-refractivity contribution is 0.140. The van der Waals surface area contributed by atoms with Gasteiger partial charge in [-0.2, -0.15) is 0 Å². The average molecular weight is 289 g/mol. The van der Waals surface area contributed by atoms with Crippen molar-refractivity contribution in [3.63, 3.8) is 0 Å². The molecule has 2 rings (SSSR count). The molecule has 5 nitrogen and oxygen atoms in total. The van der Waals surface area contributed by atoms with Gasteiger partial charge in [0.1, 0.15) is 0 Å². The summed E-state index contributed by atoms with van der Waals surface area (Å²) in [7, 11) is 0. The molecule has 0 aromatic heterocycles. The van der Waals surface area contributed by atoms with Crippen LogP contribution in [0.3, 0.4) is 0 Å². The number of rotatable bonds is 5. The Morgan fingerprint density at radius 1 is 1.14 bits per heavy atom. The van der Waals surface area contributed by atoms with Crippen LogP contribution in [0.5, 0.6) is 0 Å². The summed E-state index contributed by atoms with van der Waals surface area (Å²) >= 11 is 0. The van der Waals surface area contributed by atoms with Crippen molar-refractivity contribution in [2.24, 2.45) is 10.7 Å². The maximum atomic E-state index is 5.92. The second-order valence-electron chi connectivity index (χ2n) is 5.53. The van der Waals surface area contributed by atoms with Crippen LogP contribution in [-0.2, 0) is 0 Å². The van der Waals surface area contributed by atoms with E-state index in [1.54, 1.807) is 0 Å². The molecule has 1 aromatic rings. The monoisotopic (exact) mass is 289 g/mol. The van der Waals surface area contributed by atoms with Crippen LogP contribution in [-0.4, -0.2) is 61.6 Å². The highest BCUT2D eigenvalue weighted by atomic mass is 15.3. The third-order valence-electron chi connectivity index (χ3n) is 3.93. The minimum absolute atomic E-state index is 0.492. The number of nitrogens with zero attached hydrogens (tertiary/aromatic N) is 3. The van der Waals surface area contributed by atoms with Crippen LogP contribution in [0.25, 0.3) is 0 Å². The Morgan fingerprint density at radius 3 is 2.38 bits per heavy atom. The van der Waals surface area contributed by atoms with Crippen LogP contribution in [0, 0.1) is 6.92 Å².